The molecule has 0 spiro atoms. The first kappa shape index (κ1) is 16.7. The lowest BCUT2D eigenvalue weighted by Gasteiger charge is -2.13. The maximum absolute atomic E-state index is 13.5. The normalized spacial score (nSPS) is 10.9. The van der Waals surface area contributed by atoms with Crippen LogP contribution in [0.25, 0.3) is 16.6 Å². The molecule has 0 fully saturated rings. The minimum atomic E-state index is -0.361. The molecule has 4 aromatic rings. The van der Waals surface area contributed by atoms with Crippen molar-refractivity contribution in [3.63, 3.8) is 0 Å². The summed E-state index contributed by atoms with van der Waals surface area (Å²) in [6, 6.07) is 13.0. The van der Waals surface area contributed by atoms with Crippen molar-refractivity contribution >= 4 is 23.0 Å². The summed E-state index contributed by atoms with van der Waals surface area (Å²) in [5.74, 6) is 0.192. The maximum atomic E-state index is 13.5. The molecule has 0 amide bonds. The van der Waals surface area contributed by atoms with Crippen molar-refractivity contribution in [2.75, 3.05) is 5.73 Å². The highest BCUT2D eigenvalue weighted by molar-refractivity contribution is 5.82. The number of hydrogen-bond donors (Lipinski definition) is 1. The molecule has 0 saturated carbocycles. The number of aromatic nitrogens is 3. The molecule has 0 aliphatic carbocycles. The van der Waals surface area contributed by atoms with Gasteiger partial charge in [0.25, 0.3) is 0 Å². The molecule has 0 atom stereocenters. The molecule has 2 heterocycles. The summed E-state index contributed by atoms with van der Waals surface area (Å²) in [6.07, 6.45) is 4.23. The zero-order valence-corrected chi connectivity index (χ0v) is 14.2. The Morgan fingerprint density at radius 3 is 2.85 bits per heavy atom. The lowest BCUT2D eigenvalue weighted by Crippen LogP contribution is -2.06. The topological polar surface area (TPSA) is 83.0 Å². The molecule has 2 N–H and O–H groups in total. The van der Waals surface area contributed by atoms with Gasteiger partial charge in [0.1, 0.15) is 18.7 Å². The van der Waals surface area contributed by atoms with Gasteiger partial charge < -0.3 is 10.5 Å². The highest BCUT2D eigenvalue weighted by Crippen LogP contribution is 2.27. The van der Waals surface area contributed by atoms with Crippen LogP contribution < -0.4 is 10.5 Å². The monoisotopic (exact) mass is 362 g/mol. The molecule has 0 aliphatic heterocycles. The van der Waals surface area contributed by atoms with Gasteiger partial charge in [0.05, 0.1) is 11.2 Å². The van der Waals surface area contributed by atoms with Gasteiger partial charge in [-0.3, -0.25) is 4.79 Å². The van der Waals surface area contributed by atoms with Gasteiger partial charge >= 0.3 is 0 Å². The third-order valence-electron chi connectivity index (χ3n) is 4.14. The summed E-state index contributed by atoms with van der Waals surface area (Å²) in [4.78, 5) is 15.4. The third-order valence-corrected chi connectivity index (χ3v) is 4.14. The highest BCUT2D eigenvalue weighted by Gasteiger charge is 2.11. The predicted molar refractivity (Wildman–Crippen MR) is 99.4 cm³/mol. The molecule has 134 valence electrons. The van der Waals surface area contributed by atoms with Gasteiger partial charge in [0.2, 0.25) is 0 Å². The van der Waals surface area contributed by atoms with Crippen molar-refractivity contribution in [3.05, 3.63) is 77.9 Å². The fourth-order valence-corrected chi connectivity index (χ4v) is 2.84. The molecule has 0 bridgehead atoms. The van der Waals surface area contributed by atoms with Crippen molar-refractivity contribution in [2.45, 2.75) is 6.61 Å². The van der Waals surface area contributed by atoms with Crippen molar-refractivity contribution in [1.82, 2.24) is 14.8 Å². The summed E-state index contributed by atoms with van der Waals surface area (Å²) in [7, 11) is 0. The Morgan fingerprint density at radius 2 is 2.07 bits per heavy atom. The van der Waals surface area contributed by atoms with Gasteiger partial charge in [0.15, 0.2) is 11.6 Å². The molecule has 2 aromatic carbocycles. The first-order valence-electron chi connectivity index (χ1n) is 8.21. The summed E-state index contributed by atoms with van der Waals surface area (Å²) in [5.41, 5.74) is 8.62. The van der Waals surface area contributed by atoms with Crippen molar-refractivity contribution in [2.24, 2.45) is 0 Å². The predicted octanol–water partition coefficient (Wildman–Crippen LogP) is 3.53. The Labute approximate surface area is 154 Å². The zero-order valence-electron chi connectivity index (χ0n) is 14.2. The highest BCUT2D eigenvalue weighted by atomic mass is 19.1. The number of nitrogen functional groups attached to an aromatic ring is 1. The Bertz CT molecular complexity index is 1130. The molecular weight excluding hydrogens is 347 g/mol. The van der Waals surface area contributed by atoms with Gasteiger partial charge in [0, 0.05) is 28.9 Å². The zero-order chi connectivity index (χ0) is 18.8. The second kappa shape index (κ2) is 6.87. The molecule has 0 unspecified atom stereocenters. The number of rotatable bonds is 5. The number of hydrogen-bond acceptors (Lipinski definition) is 5. The summed E-state index contributed by atoms with van der Waals surface area (Å²) in [6.45, 7) is 0.142. The van der Waals surface area contributed by atoms with E-state index in [1.807, 2.05) is 0 Å². The van der Waals surface area contributed by atoms with Crippen LogP contribution in [-0.4, -0.2) is 21.1 Å². The average Bonchev–Trinajstić information content (AvgIpc) is 3.21. The van der Waals surface area contributed by atoms with Crippen LogP contribution in [0.2, 0.25) is 0 Å². The molecular formula is C20H15FN4O2. The average molecular weight is 362 g/mol. The Hall–Kier alpha value is -3.74. The van der Waals surface area contributed by atoms with Crippen LogP contribution in [0.5, 0.6) is 5.75 Å². The van der Waals surface area contributed by atoms with E-state index in [2.05, 4.69) is 10.1 Å². The fraction of sp³-hybridized carbons (Fsp3) is 0.0500. The number of halogens is 1. The van der Waals surface area contributed by atoms with E-state index in [9.17, 15) is 9.18 Å². The lowest BCUT2D eigenvalue weighted by molar-refractivity contribution is 0.112. The van der Waals surface area contributed by atoms with Crippen LogP contribution in [-0.2, 0) is 6.61 Å². The first-order valence-corrected chi connectivity index (χ1v) is 8.21. The van der Waals surface area contributed by atoms with E-state index in [0.717, 1.165) is 17.5 Å². The van der Waals surface area contributed by atoms with Crippen molar-refractivity contribution in [1.29, 1.82) is 0 Å². The molecule has 27 heavy (non-hydrogen) atoms. The molecule has 7 heteroatoms. The van der Waals surface area contributed by atoms with E-state index in [4.69, 9.17) is 10.5 Å². The number of nitrogens with two attached hydrogens (primary N) is 1. The number of anilines is 1. The van der Waals surface area contributed by atoms with E-state index < -0.39 is 0 Å². The van der Waals surface area contributed by atoms with Crippen LogP contribution in [0.4, 0.5) is 10.2 Å². The first-order chi connectivity index (χ1) is 13.1. The van der Waals surface area contributed by atoms with E-state index in [1.165, 1.54) is 12.1 Å². The van der Waals surface area contributed by atoms with Gasteiger partial charge in [-0.05, 0) is 48.5 Å². The van der Waals surface area contributed by atoms with Crippen molar-refractivity contribution in [3.8, 4) is 11.4 Å². The number of benzene rings is 2. The number of ether oxygens (including phenoxy) is 1. The quantitative estimate of drug-likeness (QED) is 0.549. The van der Waals surface area contributed by atoms with Crippen molar-refractivity contribution < 1.29 is 13.9 Å². The SMILES string of the molecule is Nc1nc2ccc(F)cc2cc1OCc1cc(C=O)ccc1-n1cccn1. The summed E-state index contributed by atoms with van der Waals surface area (Å²) < 4.78 is 21.0. The number of aldehydes is 1. The summed E-state index contributed by atoms with van der Waals surface area (Å²) in [5, 5.41) is 4.81. The van der Waals surface area contributed by atoms with Crippen LogP contribution in [0.15, 0.2) is 60.9 Å². The Kier molecular flexibility index (Phi) is 4.25. The van der Waals surface area contributed by atoms with E-state index in [0.29, 0.717) is 22.2 Å². The number of carbonyl (C=O) groups excluding carboxylic acids is 1. The third kappa shape index (κ3) is 3.35. The molecule has 6 nitrogen and oxygen atoms in total. The number of fused-ring (bicyclic) bond motifs is 1. The second-order valence-corrected chi connectivity index (χ2v) is 5.95. The molecule has 0 saturated heterocycles. The standard InChI is InChI=1S/C20H15FN4O2/c21-16-3-4-17-14(9-16)10-19(20(22)24-17)27-12-15-8-13(11-26)2-5-18(15)25-7-1-6-23-25/h1-11H,12H2,(H2,22,24). The number of carbonyl (C=O) groups is 1. The van der Waals surface area contributed by atoms with Crippen LogP contribution >= 0.6 is 0 Å². The largest absolute Gasteiger partial charge is 0.485 e. The van der Waals surface area contributed by atoms with Crippen LogP contribution in [0.1, 0.15) is 15.9 Å². The van der Waals surface area contributed by atoms with Gasteiger partial charge in [-0.2, -0.15) is 5.10 Å². The minimum absolute atomic E-state index is 0.142. The Morgan fingerprint density at radius 1 is 1.19 bits per heavy atom. The molecule has 4 rings (SSSR count). The fourth-order valence-electron chi connectivity index (χ4n) is 2.84. The van der Waals surface area contributed by atoms with E-state index >= 15 is 0 Å². The minimum Gasteiger partial charge on any atom is -0.485 e. The van der Waals surface area contributed by atoms with Crippen LogP contribution in [0.3, 0.4) is 0 Å². The van der Waals surface area contributed by atoms with E-state index in [-0.39, 0.29) is 18.2 Å². The van der Waals surface area contributed by atoms with Crippen LogP contribution in [0, 0.1) is 5.82 Å². The smallest absolute Gasteiger partial charge is 0.166 e. The number of nitrogens with zero attached hydrogens (tertiary/aromatic N) is 3. The number of pyridine rings is 1. The van der Waals surface area contributed by atoms with Gasteiger partial charge in [-0.15, -0.1) is 0 Å². The molecule has 2 aromatic heterocycles. The second-order valence-electron chi connectivity index (χ2n) is 5.95. The molecule has 0 radical (unpaired) electrons. The van der Waals surface area contributed by atoms with Gasteiger partial charge in [-0.25, -0.2) is 14.1 Å². The molecule has 0 aliphatic rings. The lowest BCUT2D eigenvalue weighted by atomic mass is 10.1. The maximum Gasteiger partial charge on any atom is 0.166 e. The summed E-state index contributed by atoms with van der Waals surface area (Å²) >= 11 is 0. The van der Waals surface area contributed by atoms with Gasteiger partial charge in [-0.1, -0.05) is 0 Å². The Balaban J connectivity index is 1.68. The van der Waals surface area contributed by atoms with E-state index in [1.54, 1.807) is 53.5 Å².